The summed E-state index contributed by atoms with van der Waals surface area (Å²) in [6.07, 6.45) is -2.60. The van der Waals surface area contributed by atoms with Gasteiger partial charge in [0.25, 0.3) is 12.3 Å². The first-order valence-corrected chi connectivity index (χ1v) is 13.1. The minimum absolute atomic E-state index is 0.0445. The second kappa shape index (κ2) is 10.3. The first-order chi connectivity index (χ1) is 18.5. The number of alkyl halides is 4. The smallest absolute Gasteiger partial charge is 0.271 e. The summed E-state index contributed by atoms with van der Waals surface area (Å²) >= 11 is 6.16. The number of carbonyl (C=O) groups is 3. The van der Waals surface area contributed by atoms with Crippen LogP contribution in [0.4, 0.5) is 17.6 Å². The molecule has 5 rings (SSSR count). The molecule has 3 heterocycles. The van der Waals surface area contributed by atoms with Crippen LogP contribution >= 0.6 is 11.6 Å². The summed E-state index contributed by atoms with van der Waals surface area (Å²) < 4.78 is 55.7. The molecule has 1 aromatic carbocycles. The Balaban J connectivity index is 1.42. The molecule has 0 spiro atoms. The van der Waals surface area contributed by atoms with Crippen LogP contribution in [-0.2, 0) is 9.59 Å². The van der Waals surface area contributed by atoms with Crippen molar-refractivity contribution in [1.82, 2.24) is 20.5 Å². The number of H-pyrrole nitrogens is 1. The average Bonchev–Trinajstić information content (AvgIpc) is 3.54. The Kier molecular flexibility index (Phi) is 7.22. The summed E-state index contributed by atoms with van der Waals surface area (Å²) in [6, 6.07) is 3.26. The normalized spacial score (nSPS) is 26.8. The van der Waals surface area contributed by atoms with Crippen molar-refractivity contribution in [3.05, 3.63) is 34.5 Å². The highest BCUT2D eigenvalue weighted by atomic mass is 35.5. The third-order valence-corrected chi connectivity index (χ3v) is 8.35. The van der Waals surface area contributed by atoms with Crippen LogP contribution in [0.25, 0.3) is 10.9 Å². The molecule has 3 fully saturated rings. The Morgan fingerprint density at radius 3 is 2.74 bits per heavy atom. The molecule has 208 valence electrons. The van der Waals surface area contributed by atoms with Crippen LogP contribution in [0.5, 0.6) is 0 Å². The van der Waals surface area contributed by atoms with E-state index in [0.717, 1.165) is 12.5 Å². The fraction of sp³-hybridized carbons (Fsp3) is 0.538. The molecule has 5 atom stereocenters. The number of aromatic amines is 1. The lowest BCUT2D eigenvalue weighted by Gasteiger charge is -2.29. The van der Waals surface area contributed by atoms with Gasteiger partial charge < -0.3 is 20.5 Å². The molecule has 8 nitrogen and oxygen atoms in total. The van der Waals surface area contributed by atoms with E-state index in [1.165, 1.54) is 17.0 Å². The molecule has 3 aliphatic rings. The van der Waals surface area contributed by atoms with Crippen LogP contribution in [0.15, 0.2) is 18.2 Å². The molecule has 0 unspecified atom stereocenters. The maximum absolute atomic E-state index is 14.3. The standard InChI is InChI=1S/C26H26ClF4N5O3/c27-18-4-3-15(22(28)29)16-7-19(35-20(16)18)25(39)36-11-13-8-26(30,31)9-17(13)21(36)24(38)34-14(10-32)6-12-2-1-5-33-23(12)37/h3-4,7,12-14,17,21-22,35H,1-2,5-6,8-9,11H2,(H,33,37)(H,34,38)/t12-,13+,14+,17+,21-/m0/s1. The third kappa shape index (κ3) is 5.16. The average molecular weight is 568 g/mol. The van der Waals surface area contributed by atoms with Crippen molar-refractivity contribution in [3.8, 4) is 6.07 Å². The lowest BCUT2D eigenvalue weighted by molar-refractivity contribution is -0.129. The number of carbonyl (C=O) groups excluding carboxylic acids is 3. The molecule has 1 aliphatic carbocycles. The van der Waals surface area contributed by atoms with Gasteiger partial charge in [-0.25, -0.2) is 17.6 Å². The number of rotatable bonds is 6. The van der Waals surface area contributed by atoms with Crippen molar-refractivity contribution in [2.45, 2.75) is 56.5 Å². The second-order valence-electron chi connectivity index (χ2n) is 10.6. The number of nitrogens with one attached hydrogen (secondary N) is 3. The van der Waals surface area contributed by atoms with Crippen LogP contribution in [0.3, 0.4) is 0 Å². The third-order valence-electron chi connectivity index (χ3n) is 8.04. The van der Waals surface area contributed by atoms with Crippen molar-refractivity contribution in [3.63, 3.8) is 0 Å². The van der Waals surface area contributed by atoms with E-state index < -0.39 is 66.8 Å². The fourth-order valence-corrected chi connectivity index (χ4v) is 6.47. The maximum Gasteiger partial charge on any atom is 0.271 e. The van der Waals surface area contributed by atoms with Crippen LogP contribution < -0.4 is 10.6 Å². The Morgan fingerprint density at radius 2 is 2.05 bits per heavy atom. The lowest BCUT2D eigenvalue weighted by Crippen LogP contribution is -2.52. The molecule has 2 aliphatic heterocycles. The number of halogens is 5. The van der Waals surface area contributed by atoms with Gasteiger partial charge in [-0.15, -0.1) is 0 Å². The zero-order valence-corrected chi connectivity index (χ0v) is 21.4. The summed E-state index contributed by atoms with van der Waals surface area (Å²) in [4.78, 5) is 43.2. The number of amides is 3. The summed E-state index contributed by atoms with van der Waals surface area (Å²) in [7, 11) is 0. The van der Waals surface area contributed by atoms with E-state index in [0.29, 0.717) is 13.0 Å². The number of fused-ring (bicyclic) bond motifs is 2. The summed E-state index contributed by atoms with van der Waals surface area (Å²) in [5, 5.41) is 15.1. The lowest BCUT2D eigenvalue weighted by atomic mass is 9.90. The fourth-order valence-electron chi connectivity index (χ4n) is 6.25. The van der Waals surface area contributed by atoms with Crippen molar-refractivity contribution >= 4 is 40.2 Å². The van der Waals surface area contributed by atoms with E-state index in [1.807, 2.05) is 6.07 Å². The zero-order valence-electron chi connectivity index (χ0n) is 20.7. The molecule has 1 saturated carbocycles. The Bertz CT molecular complexity index is 1360. The molecule has 39 heavy (non-hydrogen) atoms. The van der Waals surface area contributed by atoms with Crippen LogP contribution in [-0.4, -0.2) is 58.7 Å². The van der Waals surface area contributed by atoms with Gasteiger partial charge >= 0.3 is 0 Å². The molecular formula is C26H26ClF4N5O3. The number of likely N-dealkylation sites (tertiary alicyclic amines) is 1. The summed E-state index contributed by atoms with van der Waals surface area (Å²) in [6.45, 7) is 0.400. The molecule has 1 aromatic heterocycles. The van der Waals surface area contributed by atoms with Crippen molar-refractivity contribution < 1.29 is 31.9 Å². The minimum atomic E-state index is -3.00. The van der Waals surface area contributed by atoms with Crippen LogP contribution in [0, 0.1) is 29.1 Å². The van der Waals surface area contributed by atoms with Gasteiger partial charge in [0.05, 0.1) is 16.6 Å². The number of nitrogens with zero attached hydrogens (tertiary/aromatic N) is 2. The zero-order chi connectivity index (χ0) is 28.1. The first kappa shape index (κ1) is 27.2. The number of aromatic nitrogens is 1. The molecule has 2 aromatic rings. The van der Waals surface area contributed by atoms with Crippen molar-refractivity contribution in [2.75, 3.05) is 13.1 Å². The van der Waals surface area contributed by atoms with E-state index >= 15 is 0 Å². The molecule has 13 heteroatoms. The van der Waals surface area contributed by atoms with Crippen molar-refractivity contribution in [1.29, 1.82) is 5.26 Å². The van der Waals surface area contributed by atoms with Crippen LogP contribution in [0.1, 0.15) is 54.6 Å². The molecule has 2 saturated heterocycles. The Morgan fingerprint density at radius 1 is 1.28 bits per heavy atom. The molecule has 3 N–H and O–H groups in total. The number of piperidine rings is 1. The molecule has 0 bridgehead atoms. The summed E-state index contributed by atoms with van der Waals surface area (Å²) in [5.74, 6) is -6.70. The van der Waals surface area contributed by atoms with Gasteiger partial charge in [0.15, 0.2) is 0 Å². The highest BCUT2D eigenvalue weighted by molar-refractivity contribution is 6.35. The van der Waals surface area contributed by atoms with Gasteiger partial charge in [0.2, 0.25) is 17.7 Å². The number of nitriles is 1. The Labute approximate surface area is 226 Å². The SMILES string of the molecule is N#C[C@@H](C[C@@H]1CCCNC1=O)NC(=O)[C@@H]1[C@@H]2CC(F)(F)C[C@@H]2CN1C(=O)c1cc2c(C(F)F)ccc(Cl)c2[nH]1. The van der Waals surface area contributed by atoms with Crippen molar-refractivity contribution in [2.24, 2.45) is 17.8 Å². The van der Waals surface area contributed by atoms with Gasteiger partial charge in [-0.3, -0.25) is 14.4 Å². The topological polar surface area (TPSA) is 118 Å². The molecule has 0 radical (unpaired) electrons. The number of hydrogen-bond donors (Lipinski definition) is 3. The number of hydrogen-bond acceptors (Lipinski definition) is 4. The van der Waals surface area contributed by atoms with E-state index in [2.05, 4.69) is 15.6 Å². The molecular weight excluding hydrogens is 542 g/mol. The Hall–Kier alpha value is -3.33. The van der Waals surface area contributed by atoms with Gasteiger partial charge in [-0.2, -0.15) is 5.26 Å². The van der Waals surface area contributed by atoms with E-state index in [1.54, 1.807) is 0 Å². The predicted octanol–water partition coefficient (Wildman–Crippen LogP) is 4.17. The van der Waals surface area contributed by atoms with E-state index in [9.17, 15) is 37.2 Å². The quantitative estimate of drug-likeness (QED) is 0.454. The van der Waals surface area contributed by atoms with Crippen LogP contribution in [0.2, 0.25) is 5.02 Å². The monoisotopic (exact) mass is 567 g/mol. The maximum atomic E-state index is 14.3. The largest absolute Gasteiger partial charge is 0.356 e. The highest BCUT2D eigenvalue weighted by Crippen LogP contribution is 2.50. The van der Waals surface area contributed by atoms with E-state index in [4.69, 9.17) is 11.6 Å². The van der Waals surface area contributed by atoms with E-state index in [-0.39, 0.29) is 46.1 Å². The predicted molar refractivity (Wildman–Crippen MR) is 132 cm³/mol. The highest BCUT2D eigenvalue weighted by Gasteiger charge is 2.58. The van der Waals surface area contributed by atoms with Gasteiger partial charge in [-0.05, 0) is 43.2 Å². The van der Waals surface area contributed by atoms with Gasteiger partial charge in [0.1, 0.15) is 17.8 Å². The first-order valence-electron chi connectivity index (χ1n) is 12.7. The second-order valence-corrected chi connectivity index (χ2v) is 11.0. The molecule has 3 amide bonds. The minimum Gasteiger partial charge on any atom is -0.356 e. The van der Waals surface area contributed by atoms with Gasteiger partial charge in [0, 0.05) is 42.8 Å². The van der Waals surface area contributed by atoms with Gasteiger partial charge in [-0.1, -0.05) is 17.7 Å². The summed E-state index contributed by atoms with van der Waals surface area (Å²) in [5.41, 5.74) is -0.319. The number of benzene rings is 1.